The van der Waals surface area contributed by atoms with Gasteiger partial charge in [0.05, 0.1) is 6.04 Å². The van der Waals surface area contributed by atoms with Gasteiger partial charge >= 0.3 is 0 Å². The van der Waals surface area contributed by atoms with Gasteiger partial charge < -0.3 is 10.6 Å². The summed E-state index contributed by atoms with van der Waals surface area (Å²) in [5.74, 6) is 0.102. The van der Waals surface area contributed by atoms with Crippen LogP contribution in [0.3, 0.4) is 0 Å². The molecule has 1 aromatic carbocycles. The van der Waals surface area contributed by atoms with Gasteiger partial charge in [0.1, 0.15) is 0 Å². The number of carbonyl (C=O) groups excluding carboxylic acids is 1. The molecule has 2 rings (SSSR count). The van der Waals surface area contributed by atoms with Gasteiger partial charge in [-0.05, 0) is 43.0 Å². The average molecular weight is 332 g/mol. The highest BCUT2D eigenvalue weighted by atomic mass is 79.9. The molecule has 5 heteroatoms. The van der Waals surface area contributed by atoms with E-state index in [-0.39, 0.29) is 11.9 Å². The molecule has 1 aliphatic rings. The highest BCUT2D eigenvalue weighted by Gasteiger charge is 2.19. The molecule has 1 aliphatic heterocycles. The van der Waals surface area contributed by atoms with Gasteiger partial charge in [0.25, 0.3) is 0 Å². The van der Waals surface area contributed by atoms with Crippen LogP contribution in [-0.4, -0.2) is 18.5 Å². The molecule has 0 radical (unpaired) electrons. The molecule has 1 unspecified atom stereocenters. The summed E-state index contributed by atoms with van der Waals surface area (Å²) in [6.45, 7) is 1.43. The van der Waals surface area contributed by atoms with Crippen molar-refractivity contribution in [3.8, 4) is 0 Å². The fourth-order valence-corrected chi connectivity index (χ4v) is 2.63. The molecule has 3 nitrogen and oxygen atoms in total. The van der Waals surface area contributed by atoms with Crippen molar-refractivity contribution >= 4 is 33.4 Å². The summed E-state index contributed by atoms with van der Waals surface area (Å²) in [5, 5.41) is 6.92. The molecule has 18 heavy (non-hydrogen) atoms. The first-order valence-corrected chi connectivity index (χ1v) is 7.29. The van der Waals surface area contributed by atoms with Gasteiger partial charge in [-0.1, -0.05) is 27.5 Å². The fourth-order valence-electron chi connectivity index (χ4n) is 2.05. The van der Waals surface area contributed by atoms with Crippen molar-refractivity contribution in [1.82, 2.24) is 10.6 Å². The maximum atomic E-state index is 11.8. The highest BCUT2D eigenvalue weighted by molar-refractivity contribution is 9.10. The van der Waals surface area contributed by atoms with Crippen molar-refractivity contribution in [3.05, 3.63) is 33.3 Å². The van der Waals surface area contributed by atoms with Crippen molar-refractivity contribution in [2.45, 2.75) is 31.8 Å². The van der Waals surface area contributed by atoms with Crippen molar-refractivity contribution in [1.29, 1.82) is 0 Å². The first-order chi connectivity index (χ1) is 8.66. The minimum Gasteiger partial charge on any atom is -0.355 e. The summed E-state index contributed by atoms with van der Waals surface area (Å²) in [6.07, 6.45) is 3.03. The number of halogens is 2. The quantitative estimate of drug-likeness (QED) is 0.894. The van der Waals surface area contributed by atoms with Crippen LogP contribution in [0.5, 0.6) is 0 Å². The Labute approximate surface area is 120 Å². The molecule has 1 atom stereocenters. The Morgan fingerprint density at radius 3 is 3.11 bits per heavy atom. The van der Waals surface area contributed by atoms with Crippen molar-refractivity contribution in [3.63, 3.8) is 0 Å². The molecule has 1 fully saturated rings. The topological polar surface area (TPSA) is 41.1 Å². The molecule has 1 saturated heterocycles. The number of rotatable bonds is 3. The summed E-state index contributed by atoms with van der Waals surface area (Å²) >= 11 is 9.45. The molecule has 0 saturated carbocycles. The highest BCUT2D eigenvalue weighted by Crippen LogP contribution is 2.21. The predicted molar refractivity (Wildman–Crippen MR) is 76.6 cm³/mol. The second-order valence-electron chi connectivity index (χ2n) is 4.46. The second-order valence-corrected chi connectivity index (χ2v) is 5.75. The third-order valence-corrected chi connectivity index (χ3v) is 4.09. The summed E-state index contributed by atoms with van der Waals surface area (Å²) in [7, 11) is 0. The number of benzene rings is 1. The molecule has 98 valence electrons. The number of carbonyl (C=O) groups is 1. The number of nitrogens with one attached hydrogen (secondary N) is 2. The Kier molecular flexibility index (Phi) is 5.03. The summed E-state index contributed by atoms with van der Waals surface area (Å²) < 4.78 is 1.01. The van der Waals surface area contributed by atoms with Crippen LogP contribution in [0.4, 0.5) is 0 Å². The molecule has 0 spiro atoms. The van der Waals surface area contributed by atoms with Gasteiger partial charge in [0, 0.05) is 22.6 Å². The third-order valence-electron chi connectivity index (χ3n) is 3.08. The lowest BCUT2D eigenvalue weighted by Crippen LogP contribution is -2.42. The molecule has 0 aromatic heterocycles. The monoisotopic (exact) mass is 330 g/mol. The molecule has 1 aromatic rings. The van der Waals surface area contributed by atoms with E-state index in [2.05, 4.69) is 26.6 Å². The zero-order chi connectivity index (χ0) is 13.0. The van der Waals surface area contributed by atoms with E-state index in [1.807, 2.05) is 18.2 Å². The lowest BCUT2D eigenvalue weighted by molar-refractivity contribution is -0.122. The Balaban J connectivity index is 1.97. The minimum atomic E-state index is -0.0987. The SMILES string of the molecule is O=C1NCCCCC1NCc1cc(Cl)ccc1Br. The van der Waals surface area contributed by atoms with E-state index in [0.717, 1.165) is 35.8 Å². The van der Waals surface area contributed by atoms with E-state index in [1.165, 1.54) is 0 Å². The van der Waals surface area contributed by atoms with E-state index in [9.17, 15) is 4.79 Å². The van der Waals surface area contributed by atoms with Gasteiger partial charge in [-0.3, -0.25) is 4.79 Å². The maximum absolute atomic E-state index is 11.8. The normalized spacial score (nSPS) is 20.3. The fraction of sp³-hybridized carbons (Fsp3) is 0.462. The smallest absolute Gasteiger partial charge is 0.237 e. The first kappa shape index (κ1) is 13.8. The van der Waals surface area contributed by atoms with Crippen LogP contribution in [0.1, 0.15) is 24.8 Å². The summed E-state index contributed by atoms with van der Waals surface area (Å²) in [4.78, 5) is 11.8. The van der Waals surface area contributed by atoms with Crippen molar-refractivity contribution in [2.75, 3.05) is 6.54 Å². The Hall–Kier alpha value is -0.580. The molecule has 0 aliphatic carbocycles. The van der Waals surface area contributed by atoms with Crippen LogP contribution in [0.25, 0.3) is 0 Å². The second kappa shape index (κ2) is 6.55. The van der Waals surface area contributed by atoms with Crippen LogP contribution in [-0.2, 0) is 11.3 Å². The van der Waals surface area contributed by atoms with Crippen molar-refractivity contribution < 1.29 is 4.79 Å². The summed E-state index contributed by atoms with van der Waals surface area (Å²) in [6, 6.07) is 5.58. The van der Waals surface area contributed by atoms with Crippen LogP contribution in [0.2, 0.25) is 5.02 Å². The minimum absolute atomic E-state index is 0.0987. The van der Waals surface area contributed by atoms with Gasteiger partial charge in [-0.25, -0.2) is 0 Å². The number of hydrogen-bond acceptors (Lipinski definition) is 2. The molecule has 1 amide bonds. The molecular formula is C13H16BrClN2O. The lowest BCUT2D eigenvalue weighted by atomic mass is 10.1. The zero-order valence-corrected chi connectivity index (χ0v) is 12.4. The van der Waals surface area contributed by atoms with Gasteiger partial charge in [0.2, 0.25) is 5.91 Å². The van der Waals surface area contributed by atoms with Crippen molar-refractivity contribution in [2.24, 2.45) is 0 Å². The first-order valence-electron chi connectivity index (χ1n) is 6.12. The Morgan fingerprint density at radius 1 is 1.44 bits per heavy atom. The predicted octanol–water partition coefficient (Wildman–Crippen LogP) is 2.86. The van der Waals surface area contributed by atoms with Crippen LogP contribution in [0, 0.1) is 0 Å². The Morgan fingerprint density at radius 2 is 2.28 bits per heavy atom. The average Bonchev–Trinajstić information content (AvgIpc) is 2.55. The van der Waals surface area contributed by atoms with E-state index >= 15 is 0 Å². The lowest BCUT2D eigenvalue weighted by Gasteiger charge is -2.15. The van der Waals surface area contributed by atoms with Gasteiger partial charge in [-0.2, -0.15) is 0 Å². The van der Waals surface area contributed by atoms with Crippen LogP contribution >= 0.6 is 27.5 Å². The molecular weight excluding hydrogens is 316 g/mol. The molecule has 0 bridgehead atoms. The largest absolute Gasteiger partial charge is 0.355 e. The maximum Gasteiger partial charge on any atom is 0.237 e. The Bertz CT molecular complexity index is 439. The third kappa shape index (κ3) is 3.70. The van der Waals surface area contributed by atoms with Crippen LogP contribution in [0.15, 0.2) is 22.7 Å². The van der Waals surface area contributed by atoms with E-state index in [0.29, 0.717) is 11.6 Å². The van der Waals surface area contributed by atoms with Gasteiger partial charge in [0.15, 0.2) is 0 Å². The summed E-state index contributed by atoms with van der Waals surface area (Å²) in [5.41, 5.74) is 1.07. The van der Waals surface area contributed by atoms with E-state index in [4.69, 9.17) is 11.6 Å². The van der Waals surface area contributed by atoms with E-state index in [1.54, 1.807) is 0 Å². The number of hydrogen-bond donors (Lipinski definition) is 2. The van der Waals surface area contributed by atoms with Crippen LogP contribution < -0.4 is 10.6 Å². The zero-order valence-electron chi connectivity index (χ0n) is 10.0. The van der Waals surface area contributed by atoms with E-state index < -0.39 is 0 Å². The standard InChI is InChI=1S/C13H16BrClN2O/c14-11-5-4-10(15)7-9(11)8-17-12-3-1-2-6-16-13(12)18/h4-5,7,12,17H,1-3,6,8H2,(H,16,18). The molecule has 1 heterocycles. The molecule has 2 N–H and O–H groups in total. The number of amides is 1. The van der Waals surface area contributed by atoms with Gasteiger partial charge in [-0.15, -0.1) is 0 Å².